The number of aromatic hydroxyl groups is 1. The van der Waals surface area contributed by atoms with Crippen molar-refractivity contribution in [2.45, 2.75) is 0 Å². The molecule has 5 nitrogen and oxygen atoms in total. The van der Waals surface area contributed by atoms with Gasteiger partial charge in [0.05, 0.1) is 15.9 Å². The highest BCUT2D eigenvalue weighted by Crippen LogP contribution is 2.32. The number of aromatic nitrogens is 1. The minimum atomic E-state index is -0.662. The van der Waals surface area contributed by atoms with Crippen molar-refractivity contribution in [2.24, 2.45) is 0 Å². The maximum absolute atomic E-state index is 12.6. The molecule has 2 N–H and O–H groups in total. The molecular formula is C17H13ClN2O3. The molecule has 0 saturated carbocycles. The predicted molar refractivity (Wildman–Crippen MR) is 90.4 cm³/mol. The highest BCUT2D eigenvalue weighted by atomic mass is 35.5. The second-order valence-corrected chi connectivity index (χ2v) is 5.45. The van der Waals surface area contributed by atoms with E-state index in [1.807, 2.05) is 6.07 Å². The van der Waals surface area contributed by atoms with E-state index in [4.69, 9.17) is 11.6 Å². The second kappa shape index (κ2) is 5.78. The number of pyridine rings is 1. The Hall–Kier alpha value is -2.79. The number of nitrogens with one attached hydrogen (secondary N) is 1. The van der Waals surface area contributed by atoms with Crippen LogP contribution in [0.5, 0.6) is 5.75 Å². The lowest BCUT2D eigenvalue weighted by atomic mass is 10.1. The number of fused-ring (bicyclic) bond motifs is 1. The van der Waals surface area contributed by atoms with Crippen LogP contribution < -0.4 is 10.5 Å². The van der Waals surface area contributed by atoms with Gasteiger partial charge in [0.25, 0.3) is 11.5 Å². The quantitative estimate of drug-likeness (QED) is 0.759. The first-order valence-corrected chi connectivity index (χ1v) is 7.25. The van der Waals surface area contributed by atoms with Gasteiger partial charge in [-0.3, -0.25) is 9.59 Å². The van der Waals surface area contributed by atoms with Crippen LogP contribution in [0.25, 0.3) is 10.9 Å². The number of halogens is 1. The summed E-state index contributed by atoms with van der Waals surface area (Å²) >= 11 is 6.08. The largest absolute Gasteiger partial charge is 0.506 e. The lowest BCUT2D eigenvalue weighted by molar-refractivity contribution is 0.0989. The lowest BCUT2D eigenvalue weighted by Gasteiger charge is -2.18. The molecule has 2 aromatic carbocycles. The Morgan fingerprint density at radius 1 is 1.13 bits per heavy atom. The van der Waals surface area contributed by atoms with Crippen molar-refractivity contribution in [2.75, 3.05) is 11.9 Å². The summed E-state index contributed by atoms with van der Waals surface area (Å²) in [6, 6.07) is 13.7. The Morgan fingerprint density at radius 2 is 1.83 bits per heavy atom. The van der Waals surface area contributed by atoms with Gasteiger partial charge in [0.1, 0.15) is 11.3 Å². The molecule has 0 aliphatic rings. The van der Waals surface area contributed by atoms with Gasteiger partial charge in [-0.15, -0.1) is 0 Å². The number of H-pyrrole nitrogens is 1. The van der Waals surface area contributed by atoms with Crippen LogP contribution >= 0.6 is 11.6 Å². The average molecular weight is 329 g/mol. The number of hydrogen-bond acceptors (Lipinski definition) is 3. The van der Waals surface area contributed by atoms with E-state index in [1.54, 1.807) is 42.5 Å². The molecule has 0 aliphatic carbocycles. The van der Waals surface area contributed by atoms with E-state index >= 15 is 0 Å². The minimum absolute atomic E-state index is 0.249. The number of nitrogens with zero attached hydrogens (tertiary/aromatic N) is 1. The van der Waals surface area contributed by atoms with Gasteiger partial charge < -0.3 is 15.0 Å². The van der Waals surface area contributed by atoms with Crippen molar-refractivity contribution in [1.82, 2.24) is 4.98 Å². The van der Waals surface area contributed by atoms with E-state index in [1.165, 1.54) is 11.9 Å². The summed E-state index contributed by atoms with van der Waals surface area (Å²) in [7, 11) is 1.54. The van der Waals surface area contributed by atoms with Gasteiger partial charge in [0, 0.05) is 12.7 Å². The van der Waals surface area contributed by atoms with Crippen LogP contribution in [0.2, 0.25) is 5.02 Å². The maximum Gasteiger partial charge on any atom is 0.267 e. The summed E-state index contributed by atoms with van der Waals surface area (Å²) in [4.78, 5) is 28.8. The zero-order valence-electron chi connectivity index (χ0n) is 12.2. The van der Waals surface area contributed by atoms with E-state index in [2.05, 4.69) is 4.98 Å². The van der Waals surface area contributed by atoms with Crippen LogP contribution in [0.15, 0.2) is 53.3 Å². The van der Waals surface area contributed by atoms with E-state index in [-0.39, 0.29) is 16.0 Å². The molecule has 116 valence electrons. The van der Waals surface area contributed by atoms with Gasteiger partial charge in [0.2, 0.25) is 0 Å². The normalized spacial score (nSPS) is 10.7. The standard InChI is InChI=1S/C17H13ClN2O3/c1-20(10-6-3-2-4-7-10)17(23)14-15(21)13-11(18)8-5-9-12(13)19-16(14)22/h2-9H,1H3,(H2,19,21,22). The fraction of sp³-hybridized carbons (Fsp3) is 0.0588. The lowest BCUT2D eigenvalue weighted by Crippen LogP contribution is -2.31. The van der Waals surface area contributed by atoms with Gasteiger partial charge in [-0.2, -0.15) is 0 Å². The van der Waals surface area contributed by atoms with Gasteiger partial charge in [0.15, 0.2) is 0 Å². The number of aromatic amines is 1. The number of carbonyl (C=O) groups is 1. The zero-order chi connectivity index (χ0) is 16.6. The molecule has 0 aliphatic heterocycles. The van der Waals surface area contributed by atoms with E-state index in [0.717, 1.165) is 0 Å². The maximum atomic E-state index is 12.6. The highest BCUT2D eigenvalue weighted by molar-refractivity contribution is 6.36. The number of benzene rings is 2. The smallest absolute Gasteiger partial charge is 0.267 e. The van der Waals surface area contributed by atoms with Crippen LogP contribution in [0.1, 0.15) is 10.4 Å². The Balaban J connectivity index is 2.18. The molecule has 1 amide bonds. The first-order chi connectivity index (χ1) is 11.0. The van der Waals surface area contributed by atoms with Gasteiger partial charge in [-0.1, -0.05) is 35.9 Å². The Labute approximate surface area is 136 Å². The van der Waals surface area contributed by atoms with Gasteiger partial charge in [-0.05, 0) is 24.3 Å². The van der Waals surface area contributed by atoms with Crippen molar-refractivity contribution >= 4 is 34.1 Å². The Kier molecular flexibility index (Phi) is 3.80. The third-order valence-corrected chi connectivity index (χ3v) is 3.94. The van der Waals surface area contributed by atoms with Crippen LogP contribution in [-0.4, -0.2) is 23.0 Å². The molecule has 0 atom stereocenters. The van der Waals surface area contributed by atoms with Crippen molar-refractivity contribution in [3.05, 3.63) is 69.5 Å². The fourth-order valence-corrected chi connectivity index (χ4v) is 2.69. The number of amides is 1. The molecule has 23 heavy (non-hydrogen) atoms. The van der Waals surface area contributed by atoms with Crippen LogP contribution in [0, 0.1) is 0 Å². The third-order valence-electron chi connectivity index (χ3n) is 3.62. The van der Waals surface area contributed by atoms with E-state index < -0.39 is 17.2 Å². The highest BCUT2D eigenvalue weighted by Gasteiger charge is 2.24. The number of rotatable bonds is 2. The molecule has 6 heteroatoms. The first kappa shape index (κ1) is 15.1. The summed E-state index contributed by atoms with van der Waals surface area (Å²) in [5.74, 6) is -1.03. The monoisotopic (exact) mass is 328 g/mol. The van der Waals surface area contributed by atoms with Gasteiger partial charge in [-0.25, -0.2) is 0 Å². The number of hydrogen-bond donors (Lipinski definition) is 2. The first-order valence-electron chi connectivity index (χ1n) is 6.87. The summed E-state index contributed by atoms with van der Waals surface area (Å²) in [6.45, 7) is 0. The van der Waals surface area contributed by atoms with Crippen LogP contribution in [-0.2, 0) is 0 Å². The fourth-order valence-electron chi connectivity index (χ4n) is 2.42. The van der Waals surface area contributed by atoms with Crippen LogP contribution in [0.3, 0.4) is 0 Å². The molecule has 3 rings (SSSR count). The second-order valence-electron chi connectivity index (χ2n) is 5.04. The summed E-state index contributed by atoms with van der Waals surface area (Å²) in [6.07, 6.45) is 0. The Morgan fingerprint density at radius 3 is 2.52 bits per heavy atom. The minimum Gasteiger partial charge on any atom is -0.506 e. The number of carbonyl (C=O) groups excluding carboxylic acids is 1. The van der Waals surface area contributed by atoms with Crippen molar-refractivity contribution in [1.29, 1.82) is 0 Å². The van der Waals surface area contributed by atoms with Crippen molar-refractivity contribution < 1.29 is 9.90 Å². The molecule has 3 aromatic rings. The topological polar surface area (TPSA) is 73.4 Å². The number of para-hydroxylation sites is 1. The van der Waals surface area contributed by atoms with E-state index in [9.17, 15) is 14.7 Å². The molecule has 0 spiro atoms. The molecule has 1 heterocycles. The Bertz CT molecular complexity index is 951. The molecule has 0 saturated heterocycles. The molecule has 0 fully saturated rings. The summed E-state index contributed by atoms with van der Waals surface area (Å²) < 4.78 is 0. The molecule has 0 radical (unpaired) electrons. The molecule has 0 unspecified atom stereocenters. The molecular weight excluding hydrogens is 316 g/mol. The van der Waals surface area contributed by atoms with Gasteiger partial charge >= 0.3 is 0 Å². The summed E-state index contributed by atoms with van der Waals surface area (Å²) in [5.41, 5.74) is -0.0172. The van der Waals surface area contributed by atoms with Crippen molar-refractivity contribution in [3.63, 3.8) is 0 Å². The van der Waals surface area contributed by atoms with Crippen molar-refractivity contribution in [3.8, 4) is 5.75 Å². The predicted octanol–water partition coefficient (Wildman–Crippen LogP) is 3.16. The molecule has 1 aromatic heterocycles. The summed E-state index contributed by atoms with van der Waals surface area (Å²) in [5, 5.41) is 10.9. The average Bonchev–Trinajstić information content (AvgIpc) is 2.54. The van der Waals surface area contributed by atoms with Crippen LogP contribution in [0.4, 0.5) is 5.69 Å². The molecule has 0 bridgehead atoms. The van der Waals surface area contributed by atoms with E-state index in [0.29, 0.717) is 11.2 Å². The SMILES string of the molecule is CN(C(=O)c1c(O)c2c(Cl)cccc2[nH]c1=O)c1ccccc1. The third kappa shape index (κ3) is 2.55. The zero-order valence-corrected chi connectivity index (χ0v) is 13.0. The number of anilines is 1.